The Kier molecular flexibility index (Phi) is 59.4. The largest absolute Gasteiger partial charge is 0.466 e. The van der Waals surface area contributed by atoms with Crippen molar-refractivity contribution in [3.63, 3.8) is 0 Å². The van der Waals surface area contributed by atoms with Crippen LogP contribution >= 0.6 is 0 Å². The Balaban J connectivity index is 1.90. The van der Waals surface area contributed by atoms with Crippen molar-refractivity contribution in [1.82, 2.24) is 5.32 Å². The van der Waals surface area contributed by atoms with Crippen LogP contribution in [0.3, 0.4) is 0 Å². The quantitative estimate of drug-likeness (QED) is 0.0195. The van der Waals surface area contributed by atoms with Crippen molar-refractivity contribution in [2.45, 2.75) is 397 Å². The minimum atomic E-state index is -1.57. The van der Waals surface area contributed by atoms with Gasteiger partial charge in [0.05, 0.1) is 32.0 Å². The summed E-state index contributed by atoms with van der Waals surface area (Å²) in [6, 6.07) is -0.807. The fraction of sp³-hybridized carbons (Fsp3) is 0.890. The van der Waals surface area contributed by atoms with E-state index in [1.54, 1.807) is 6.08 Å². The van der Waals surface area contributed by atoms with Crippen molar-refractivity contribution in [3.05, 3.63) is 36.5 Å². The maximum atomic E-state index is 13.0. The third kappa shape index (κ3) is 50.8. The lowest BCUT2D eigenvalue weighted by molar-refractivity contribution is -0.302. The van der Waals surface area contributed by atoms with E-state index < -0.39 is 49.5 Å². The van der Waals surface area contributed by atoms with Gasteiger partial charge in [-0.25, -0.2) is 0 Å². The van der Waals surface area contributed by atoms with E-state index >= 15 is 0 Å². The molecule has 11 nitrogen and oxygen atoms in total. The van der Waals surface area contributed by atoms with Gasteiger partial charge in [-0.3, -0.25) is 9.59 Å². The number of ether oxygens (including phenoxy) is 3. The van der Waals surface area contributed by atoms with Crippen LogP contribution < -0.4 is 5.32 Å². The number of hydrogen-bond donors (Lipinski definition) is 6. The van der Waals surface area contributed by atoms with Gasteiger partial charge >= 0.3 is 5.97 Å². The lowest BCUT2D eigenvalue weighted by atomic mass is 9.99. The first-order chi connectivity index (χ1) is 41.2. The van der Waals surface area contributed by atoms with E-state index in [9.17, 15) is 35.1 Å². The number of aliphatic hydroxyl groups excluding tert-OH is 5. The molecular weight excluding hydrogens is 1050 g/mol. The molecule has 1 heterocycles. The molecule has 11 heteroatoms. The van der Waals surface area contributed by atoms with Gasteiger partial charge in [0.15, 0.2) is 6.29 Å². The number of nitrogens with one attached hydrogen (secondary N) is 1. The van der Waals surface area contributed by atoms with Gasteiger partial charge in [0.25, 0.3) is 0 Å². The summed E-state index contributed by atoms with van der Waals surface area (Å²) < 4.78 is 16.7. The summed E-state index contributed by atoms with van der Waals surface area (Å²) in [7, 11) is 0. The molecule has 0 aliphatic carbocycles. The number of rotatable bonds is 64. The smallest absolute Gasteiger partial charge is 0.305 e. The molecule has 494 valence electrons. The molecule has 7 unspecified atom stereocenters. The highest BCUT2D eigenvalue weighted by Crippen LogP contribution is 2.23. The van der Waals surface area contributed by atoms with E-state index in [0.717, 1.165) is 57.8 Å². The number of esters is 1. The molecule has 1 saturated heterocycles. The molecule has 0 spiro atoms. The summed E-state index contributed by atoms with van der Waals surface area (Å²) >= 11 is 0. The minimum Gasteiger partial charge on any atom is -0.466 e. The van der Waals surface area contributed by atoms with Crippen LogP contribution in [-0.4, -0.2) is 100 Å². The van der Waals surface area contributed by atoms with Crippen LogP contribution in [0.4, 0.5) is 0 Å². The number of carbonyl (C=O) groups excluding carboxylic acids is 2. The van der Waals surface area contributed by atoms with E-state index in [-0.39, 0.29) is 18.5 Å². The third-order valence-corrected chi connectivity index (χ3v) is 17.2. The molecule has 1 fully saturated rings. The fourth-order valence-electron chi connectivity index (χ4n) is 11.5. The van der Waals surface area contributed by atoms with E-state index in [0.29, 0.717) is 19.4 Å². The second kappa shape index (κ2) is 62.5. The van der Waals surface area contributed by atoms with Crippen LogP contribution in [0, 0.1) is 0 Å². The number of amides is 1. The number of unbranched alkanes of at least 4 members (excludes halogenated alkanes) is 46. The molecule has 6 N–H and O–H groups in total. The molecule has 1 amide bonds. The average molecular weight is 1190 g/mol. The minimum absolute atomic E-state index is 0.0110. The number of allylic oxidation sites excluding steroid dienone is 5. The molecule has 0 saturated carbocycles. The molecule has 1 aliphatic rings. The first-order valence-electron chi connectivity index (χ1n) is 36.3. The van der Waals surface area contributed by atoms with Gasteiger partial charge < -0.3 is 45.1 Å². The second-order valence-corrected chi connectivity index (χ2v) is 25.3. The molecular formula is C73H137NO10. The van der Waals surface area contributed by atoms with Gasteiger partial charge in [-0.05, 0) is 64.2 Å². The van der Waals surface area contributed by atoms with E-state index in [1.165, 1.54) is 270 Å². The SMILES string of the molecule is CCCCCCCCC/C=C/C(O)C(COC1OC(CO)C(O)C(O)C1O)NC(=O)CCCCCCCCCCCCCCCCCCC/C=C\C/C=C\CCCCCCCCCCCCCOC(=O)CCCCCCCCCCCCCC. The fourth-order valence-corrected chi connectivity index (χ4v) is 11.5. The number of carbonyl (C=O) groups is 2. The first kappa shape index (κ1) is 79.9. The zero-order chi connectivity index (χ0) is 60.9. The summed E-state index contributed by atoms with van der Waals surface area (Å²) in [6.07, 6.45) is 70.2. The van der Waals surface area contributed by atoms with Crippen LogP contribution in [0.25, 0.3) is 0 Å². The maximum Gasteiger partial charge on any atom is 0.305 e. The lowest BCUT2D eigenvalue weighted by Gasteiger charge is -2.40. The normalized spacial score (nSPS) is 18.2. The highest BCUT2D eigenvalue weighted by molar-refractivity contribution is 5.76. The second-order valence-electron chi connectivity index (χ2n) is 25.3. The molecule has 7 atom stereocenters. The van der Waals surface area contributed by atoms with Crippen LogP contribution in [0.2, 0.25) is 0 Å². The van der Waals surface area contributed by atoms with Crippen molar-refractivity contribution < 1.29 is 49.3 Å². The molecule has 0 aromatic rings. The van der Waals surface area contributed by atoms with Crippen LogP contribution in [0.1, 0.15) is 354 Å². The topological polar surface area (TPSA) is 175 Å². The van der Waals surface area contributed by atoms with Crippen molar-refractivity contribution >= 4 is 11.9 Å². The predicted octanol–water partition coefficient (Wildman–Crippen LogP) is 18.6. The monoisotopic (exact) mass is 1190 g/mol. The summed E-state index contributed by atoms with van der Waals surface area (Å²) in [5.41, 5.74) is 0. The lowest BCUT2D eigenvalue weighted by Crippen LogP contribution is -2.60. The third-order valence-electron chi connectivity index (χ3n) is 17.2. The van der Waals surface area contributed by atoms with E-state index in [1.807, 2.05) is 6.08 Å². The zero-order valence-corrected chi connectivity index (χ0v) is 54.9. The van der Waals surface area contributed by atoms with Gasteiger partial charge in [0.1, 0.15) is 24.4 Å². The molecule has 0 aromatic heterocycles. The van der Waals surface area contributed by atoms with Crippen LogP contribution in [0.5, 0.6) is 0 Å². The molecule has 1 rings (SSSR count). The number of aliphatic hydroxyl groups is 5. The molecule has 84 heavy (non-hydrogen) atoms. The van der Waals surface area contributed by atoms with Crippen molar-refractivity contribution in [2.75, 3.05) is 19.8 Å². The Morgan fingerprint density at radius 3 is 1.20 bits per heavy atom. The Morgan fingerprint density at radius 1 is 0.440 bits per heavy atom. The van der Waals surface area contributed by atoms with Gasteiger partial charge in [0, 0.05) is 12.8 Å². The van der Waals surface area contributed by atoms with E-state index in [2.05, 4.69) is 43.5 Å². The van der Waals surface area contributed by atoms with Crippen molar-refractivity contribution in [3.8, 4) is 0 Å². The highest BCUT2D eigenvalue weighted by atomic mass is 16.7. The van der Waals surface area contributed by atoms with Crippen molar-refractivity contribution in [2.24, 2.45) is 0 Å². The molecule has 0 radical (unpaired) electrons. The van der Waals surface area contributed by atoms with Gasteiger partial charge in [-0.2, -0.15) is 0 Å². The Labute approximate surface area is 517 Å². The Bertz CT molecular complexity index is 1490. The maximum absolute atomic E-state index is 13.0. The van der Waals surface area contributed by atoms with E-state index in [4.69, 9.17) is 14.2 Å². The predicted molar refractivity (Wildman–Crippen MR) is 352 cm³/mol. The van der Waals surface area contributed by atoms with Crippen LogP contribution in [0.15, 0.2) is 36.5 Å². The molecule has 1 aliphatic heterocycles. The van der Waals surface area contributed by atoms with Crippen molar-refractivity contribution in [1.29, 1.82) is 0 Å². The Hall–Kier alpha value is -2.12. The first-order valence-corrected chi connectivity index (χ1v) is 36.3. The van der Waals surface area contributed by atoms with Gasteiger partial charge in [0.2, 0.25) is 5.91 Å². The van der Waals surface area contributed by atoms with Gasteiger partial charge in [-0.15, -0.1) is 0 Å². The summed E-state index contributed by atoms with van der Waals surface area (Å²) in [5.74, 6) is -0.169. The standard InChI is InChI=1S/C73H137NO10/c1-3-5-7-9-11-13-14-41-45-49-53-57-61-69(78)82-62-58-54-50-46-42-39-37-35-33-31-29-27-25-23-21-19-17-15-16-18-20-22-24-26-28-30-32-34-36-38-40-44-48-52-56-60-68(77)74-65(66(76)59-55-51-47-43-12-10-8-6-4-2)64-83-73-72(81)71(80)70(79)67(63-75)84-73/h17,19,23,25,55,59,65-67,70-73,75-76,79-81H,3-16,18,20-22,24,26-54,56-58,60-64H2,1-2H3,(H,74,77)/b19-17-,25-23-,59-55+. The zero-order valence-electron chi connectivity index (χ0n) is 54.9. The Morgan fingerprint density at radius 2 is 0.798 bits per heavy atom. The average Bonchev–Trinajstić information content (AvgIpc) is 3.23. The summed E-state index contributed by atoms with van der Waals surface area (Å²) in [6.45, 7) is 4.35. The van der Waals surface area contributed by atoms with Crippen LogP contribution in [-0.2, 0) is 23.8 Å². The summed E-state index contributed by atoms with van der Waals surface area (Å²) in [4.78, 5) is 25.1. The number of hydrogen-bond acceptors (Lipinski definition) is 10. The molecule has 0 aromatic carbocycles. The van der Waals surface area contributed by atoms with Gasteiger partial charge in [-0.1, -0.05) is 314 Å². The highest BCUT2D eigenvalue weighted by Gasteiger charge is 2.44. The molecule has 0 bridgehead atoms. The summed E-state index contributed by atoms with van der Waals surface area (Å²) in [5, 5.41) is 54.3.